The van der Waals surface area contributed by atoms with Crippen molar-refractivity contribution in [1.82, 2.24) is 29.8 Å². The fraction of sp³-hybridized carbons (Fsp3) is 0.308. The Morgan fingerprint density at radius 1 is 1.00 bits per heavy atom. The van der Waals surface area contributed by atoms with Crippen LogP contribution in [0.1, 0.15) is 66.1 Å². The minimum absolute atomic E-state index is 0.103. The van der Waals surface area contributed by atoms with E-state index in [4.69, 9.17) is 0 Å². The maximum Gasteiger partial charge on any atom is 0.354 e. The Morgan fingerprint density at radius 3 is 2.33 bits per heavy atom. The third-order valence-electron chi connectivity index (χ3n) is 6.05. The van der Waals surface area contributed by atoms with E-state index in [9.17, 15) is 19.5 Å². The van der Waals surface area contributed by atoms with Crippen molar-refractivity contribution in [2.45, 2.75) is 52.5 Å². The van der Waals surface area contributed by atoms with Crippen molar-refractivity contribution >= 4 is 11.9 Å². The van der Waals surface area contributed by atoms with Crippen LogP contribution in [-0.4, -0.2) is 46.7 Å². The van der Waals surface area contributed by atoms with Crippen LogP contribution in [0.15, 0.2) is 53.3 Å². The van der Waals surface area contributed by atoms with Gasteiger partial charge >= 0.3 is 11.7 Å². The van der Waals surface area contributed by atoms with Gasteiger partial charge in [0.1, 0.15) is 0 Å². The van der Waals surface area contributed by atoms with Gasteiger partial charge in [-0.15, -0.1) is 10.2 Å². The Morgan fingerprint density at radius 2 is 1.72 bits per heavy atom. The molecule has 4 aromatic rings. The van der Waals surface area contributed by atoms with Crippen molar-refractivity contribution in [3.05, 3.63) is 76.0 Å². The lowest BCUT2D eigenvalue weighted by atomic mass is 9.98. The average molecular weight is 489 g/mol. The number of benzene rings is 2. The normalized spacial score (nSPS) is 11.1. The van der Waals surface area contributed by atoms with Crippen molar-refractivity contribution in [3.63, 3.8) is 0 Å². The molecule has 0 saturated carbocycles. The number of rotatable bonds is 10. The van der Waals surface area contributed by atoms with Crippen molar-refractivity contribution in [1.29, 1.82) is 0 Å². The summed E-state index contributed by atoms with van der Waals surface area (Å²) < 4.78 is 2.27. The van der Waals surface area contributed by atoms with Crippen LogP contribution < -0.4 is 5.69 Å². The summed E-state index contributed by atoms with van der Waals surface area (Å²) in [6, 6.07) is 15.4. The summed E-state index contributed by atoms with van der Waals surface area (Å²) in [6.07, 6.45) is 2.56. The van der Waals surface area contributed by atoms with Gasteiger partial charge in [0.25, 0.3) is 0 Å². The van der Waals surface area contributed by atoms with E-state index in [1.54, 1.807) is 0 Å². The molecule has 4 rings (SSSR count). The van der Waals surface area contributed by atoms with Gasteiger partial charge in [-0.3, -0.25) is 9.36 Å². The first-order chi connectivity index (χ1) is 17.5. The zero-order valence-corrected chi connectivity index (χ0v) is 20.3. The highest BCUT2D eigenvalue weighted by atomic mass is 16.4. The number of carbonyl (C=O) groups is 2. The maximum absolute atomic E-state index is 13.3. The zero-order valence-electron chi connectivity index (χ0n) is 20.3. The molecule has 2 heterocycles. The molecule has 186 valence electrons. The van der Waals surface area contributed by atoms with Crippen LogP contribution in [0.5, 0.6) is 0 Å². The van der Waals surface area contributed by atoms with Crippen molar-refractivity contribution in [2.24, 2.45) is 0 Å². The van der Waals surface area contributed by atoms with E-state index in [0.29, 0.717) is 30.8 Å². The third kappa shape index (κ3) is 4.88. The fourth-order valence-electron chi connectivity index (χ4n) is 4.30. The molecule has 0 amide bonds. The molecule has 0 aliphatic carbocycles. The van der Waals surface area contributed by atoms with E-state index in [1.165, 1.54) is 4.57 Å². The van der Waals surface area contributed by atoms with Gasteiger partial charge in [0.05, 0.1) is 12.2 Å². The minimum atomic E-state index is -1.27. The summed E-state index contributed by atoms with van der Waals surface area (Å²) in [6.45, 7) is 3.97. The van der Waals surface area contributed by atoms with Gasteiger partial charge in [-0.2, -0.15) is 5.21 Å². The minimum Gasteiger partial charge on any atom is -0.477 e. The molecule has 2 aromatic carbocycles. The quantitative estimate of drug-likeness (QED) is 0.344. The molecule has 0 unspecified atom stereocenters. The van der Waals surface area contributed by atoms with E-state index in [-0.39, 0.29) is 18.7 Å². The van der Waals surface area contributed by atoms with E-state index in [0.717, 1.165) is 33.2 Å². The molecule has 0 atom stereocenters. The first-order valence-corrected chi connectivity index (χ1v) is 12.0. The van der Waals surface area contributed by atoms with Crippen LogP contribution in [0.25, 0.3) is 22.5 Å². The van der Waals surface area contributed by atoms with Gasteiger partial charge in [0.15, 0.2) is 5.69 Å². The van der Waals surface area contributed by atoms with E-state index < -0.39 is 17.6 Å². The number of carboxylic acid groups (broad SMARTS) is 1. The summed E-state index contributed by atoms with van der Waals surface area (Å²) >= 11 is 0. The van der Waals surface area contributed by atoms with Gasteiger partial charge in [-0.1, -0.05) is 68.8 Å². The predicted octanol–water partition coefficient (Wildman–Crippen LogP) is 4.03. The molecular weight excluding hydrogens is 460 g/mol. The van der Waals surface area contributed by atoms with Crippen molar-refractivity contribution < 1.29 is 14.7 Å². The summed E-state index contributed by atoms with van der Waals surface area (Å²) in [5, 5.41) is 24.2. The number of aromatic nitrogens is 6. The molecule has 10 heteroatoms. The highest BCUT2D eigenvalue weighted by Crippen LogP contribution is 2.30. The molecule has 0 radical (unpaired) electrons. The second-order valence-electron chi connectivity index (χ2n) is 8.53. The zero-order chi connectivity index (χ0) is 25.7. The summed E-state index contributed by atoms with van der Waals surface area (Å²) in [5.41, 5.74) is 3.05. The molecule has 36 heavy (non-hydrogen) atoms. The molecule has 0 fully saturated rings. The van der Waals surface area contributed by atoms with E-state index in [1.807, 2.05) is 62.4 Å². The number of aromatic carboxylic acids is 1. The number of imidazole rings is 1. The van der Waals surface area contributed by atoms with E-state index in [2.05, 4.69) is 20.6 Å². The molecule has 0 bridgehead atoms. The van der Waals surface area contributed by atoms with Crippen LogP contribution >= 0.6 is 0 Å². The first-order valence-electron chi connectivity index (χ1n) is 12.0. The molecular formula is C26H28N6O4. The molecule has 2 N–H and O–H groups in total. The van der Waals surface area contributed by atoms with Gasteiger partial charge < -0.3 is 5.11 Å². The Balaban J connectivity index is 1.72. The second-order valence-corrected chi connectivity index (χ2v) is 8.53. The highest BCUT2D eigenvalue weighted by Gasteiger charge is 2.27. The largest absolute Gasteiger partial charge is 0.477 e. The summed E-state index contributed by atoms with van der Waals surface area (Å²) in [5.74, 6) is -1.28. The third-order valence-corrected chi connectivity index (χ3v) is 6.05. The number of hydrogen-bond donors (Lipinski definition) is 2. The molecule has 0 aliphatic rings. The number of carboxylic acids is 1. The smallest absolute Gasteiger partial charge is 0.354 e. The van der Waals surface area contributed by atoms with Crippen molar-refractivity contribution in [3.8, 4) is 22.5 Å². The van der Waals surface area contributed by atoms with Crippen LogP contribution in [0, 0.1) is 0 Å². The molecule has 10 nitrogen and oxygen atoms in total. The fourth-order valence-corrected chi connectivity index (χ4v) is 4.30. The number of tetrazole rings is 1. The lowest BCUT2D eigenvalue weighted by molar-refractivity contribution is 0.0670. The maximum atomic E-state index is 13.3. The highest BCUT2D eigenvalue weighted by molar-refractivity contribution is 5.93. The number of hydrogen-bond acceptors (Lipinski definition) is 6. The number of H-pyrrole nitrogens is 1. The number of nitrogens with one attached hydrogen (secondary N) is 1. The number of nitrogens with zero attached hydrogens (tertiary/aromatic N) is 5. The molecule has 0 saturated heterocycles. The van der Waals surface area contributed by atoms with Crippen molar-refractivity contribution in [2.75, 3.05) is 0 Å². The molecule has 0 aliphatic heterocycles. The Hall–Kier alpha value is -4.34. The summed E-state index contributed by atoms with van der Waals surface area (Å²) in [7, 11) is 0. The Kier molecular flexibility index (Phi) is 7.53. The monoisotopic (exact) mass is 488 g/mol. The Labute approximate surface area is 207 Å². The average Bonchev–Trinajstić information content (AvgIpc) is 3.51. The molecule has 2 aromatic heterocycles. The lowest BCUT2D eigenvalue weighted by Gasteiger charge is -2.10. The Bertz CT molecular complexity index is 1420. The number of unbranched alkanes of at least 4 members (excludes halogenated alkanes) is 1. The van der Waals surface area contributed by atoms with Gasteiger partial charge in [-0.05, 0) is 41.2 Å². The lowest BCUT2D eigenvalue weighted by Crippen LogP contribution is -2.31. The van der Waals surface area contributed by atoms with Gasteiger partial charge in [-0.25, -0.2) is 14.2 Å². The SMILES string of the molecule is CCCCc1c(C(=O)O)n(C(=O)CCC)c(=O)n1Cc1ccc(-c2ccccc2-c2nn[nH]n2)cc1. The van der Waals surface area contributed by atoms with E-state index >= 15 is 0 Å². The standard InChI is InChI=1S/C26H28N6O4/c1-3-5-11-21-23(25(34)35)32(22(33)8-4-2)26(36)31(21)16-17-12-14-18(15-13-17)19-9-6-7-10-20(19)24-27-29-30-28-24/h6-7,9-10,12-15H,3-5,8,11,16H2,1-2H3,(H,34,35)(H,27,28,29,30). The number of aromatic amines is 1. The first kappa shape index (κ1) is 24.8. The van der Waals surface area contributed by atoms with Crippen LogP contribution in [0.2, 0.25) is 0 Å². The van der Waals surface area contributed by atoms with Gasteiger partial charge in [0.2, 0.25) is 11.7 Å². The number of carbonyl (C=O) groups excluding carboxylic acids is 1. The van der Waals surface area contributed by atoms with Gasteiger partial charge in [0, 0.05) is 12.0 Å². The van der Waals surface area contributed by atoms with Crippen LogP contribution in [-0.2, 0) is 13.0 Å². The predicted molar refractivity (Wildman–Crippen MR) is 134 cm³/mol. The topological polar surface area (TPSA) is 136 Å². The second kappa shape index (κ2) is 10.9. The molecule has 0 spiro atoms. The summed E-state index contributed by atoms with van der Waals surface area (Å²) in [4.78, 5) is 38.1. The van der Waals surface area contributed by atoms with Crippen LogP contribution in [0.3, 0.4) is 0 Å². The van der Waals surface area contributed by atoms with Crippen LogP contribution in [0.4, 0.5) is 0 Å².